The molecule has 0 unspecified atom stereocenters. The lowest BCUT2D eigenvalue weighted by molar-refractivity contribution is 0.378. The van der Waals surface area contributed by atoms with E-state index < -0.39 is 144 Å². The van der Waals surface area contributed by atoms with Crippen molar-refractivity contribution in [2.24, 2.45) is 0 Å². The van der Waals surface area contributed by atoms with Crippen LogP contribution in [0.15, 0.2) is 53.4 Å². The zero-order chi connectivity index (χ0) is 48.7. The molecule has 0 spiro atoms. The lowest BCUT2D eigenvalue weighted by Gasteiger charge is -2.44. The van der Waals surface area contributed by atoms with Gasteiger partial charge in [0.1, 0.15) is 52.7 Å². The molecular weight excluding hydrogens is 947 g/mol. The predicted molar refractivity (Wildman–Crippen MR) is 195 cm³/mol. The largest absolute Gasteiger partial charge is 0.485 e. The lowest BCUT2D eigenvalue weighted by atomic mass is 9.12. The van der Waals surface area contributed by atoms with Crippen LogP contribution >= 0.6 is 11.8 Å². The van der Waals surface area contributed by atoms with Crippen molar-refractivity contribution in [2.75, 3.05) is 5.75 Å². The zero-order valence-corrected chi connectivity index (χ0v) is 32.7. The van der Waals surface area contributed by atoms with Gasteiger partial charge in [0.05, 0.1) is 6.92 Å². The summed E-state index contributed by atoms with van der Waals surface area (Å²) in [5.41, 5.74) is -11.8. The molecule has 0 aliphatic rings. The first-order valence-corrected chi connectivity index (χ1v) is 18.5. The van der Waals surface area contributed by atoms with Crippen LogP contribution in [-0.4, -0.2) is 22.7 Å². The molecule has 6 aromatic carbocycles. The minimum absolute atomic E-state index is 0.0334. The Bertz CT molecular complexity index is 2500. The topological polar surface area (TPSA) is 30.6 Å². The number of thioether (sulfide) groups is 1. The first-order valence-electron chi connectivity index (χ1n) is 17.6. The van der Waals surface area contributed by atoms with Gasteiger partial charge in [-0.15, -0.1) is 33.6 Å². The van der Waals surface area contributed by atoms with Crippen LogP contribution in [0.4, 0.5) is 87.8 Å². The maximum Gasteiger partial charge on any atom is 0.485 e. The Kier molecular flexibility index (Phi) is 14.6. The molecule has 0 bridgehead atoms. The number of esters is 1. The minimum Gasteiger partial charge on any atom is -0.339 e. The van der Waals surface area contributed by atoms with Crippen molar-refractivity contribution in [1.82, 2.24) is 0 Å². The van der Waals surface area contributed by atoms with Crippen molar-refractivity contribution in [3.63, 3.8) is 0 Å². The SMILES string of the molecule is CC(=[OH+])Oc1ccc(SCCc2ccccc2)c(C)c1.Fc1c(F)c(F)c([B-](c2c(F)c(F)c(F)c(F)c2F)(c2c(F)c(F)c(F)c(F)c2F)c2c(F)c(F)c(F)c(F)c2F)c(F)c1F. The average Bonchev–Trinajstić information content (AvgIpc) is 3.27. The van der Waals surface area contributed by atoms with E-state index in [-0.39, 0.29) is 5.97 Å². The first kappa shape index (κ1) is 49.8. The van der Waals surface area contributed by atoms with Gasteiger partial charge in [-0.1, -0.05) is 30.3 Å². The second kappa shape index (κ2) is 19.1. The standard InChI is InChI=1S/C24BF20.C17H18O2S/c26-5-1(6(27)14(35)21(42)13(5)34)25(2-7(28)15(36)22(43)16(37)8(2)29,3-9(30)17(38)23(44)18(39)10(3)31)4-11(32)19(40)24(45)20(41)12(4)33;1-13-12-16(19-14(2)18)8-9-17(13)20-11-10-15-6-4-3-5-7-15/h;3-9,12H,10-11H2,1-2H3/q-1;/p+1. The van der Waals surface area contributed by atoms with E-state index >= 15 is 35.1 Å². The number of carbonyl (C=O) groups excluding carboxylic acids is 1. The fraction of sp³-hybridized carbons (Fsp3) is 0.0976. The molecule has 0 heterocycles. The highest BCUT2D eigenvalue weighted by atomic mass is 32.2. The molecule has 6 rings (SSSR count). The first-order chi connectivity index (χ1) is 30.3. The molecule has 1 N–H and O–H groups in total. The van der Waals surface area contributed by atoms with Crippen molar-refractivity contribution >= 4 is 45.7 Å². The van der Waals surface area contributed by atoms with E-state index in [0.29, 0.717) is 5.75 Å². The summed E-state index contributed by atoms with van der Waals surface area (Å²) in [6.45, 7) is 3.59. The lowest BCUT2D eigenvalue weighted by Crippen LogP contribution is -2.81. The molecule has 65 heavy (non-hydrogen) atoms. The highest BCUT2D eigenvalue weighted by Crippen LogP contribution is 2.31. The summed E-state index contributed by atoms with van der Waals surface area (Å²) in [6.07, 6.45) is -6.15. The Balaban J connectivity index is 0.000000330. The van der Waals surface area contributed by atoms with Gasteiger partial charge in [0, 0.05) is 22.8 Å². The second-order valence-corrected chi connectivity index (χ2v) is 14.6. The fourth-order valence-electron chi connectivity index (χ4n) is 6.82. The zero-order valence-electron chi connectivity index (χ0n) is 31.9. The van der Waals surface area contributed by atoms with E-state index in [0.717, 1.165) is 12.2 Å². The molecular formula is C41H19BF20O2S. The summed E-state index contributed by atoms with van der Waals surface area (Å²) in [5.74, 6) is -69.7. The Morgan fingerprint density at radius 2 is 0.738 bits per heavy atom. The van der Waals surface area contributed by atoms with Crippen LogP contribution in [0.5, 0.6) is 5.75 Å². The summed E-state index contributed by atoms with van der Waals surface area (Å²) in [6, 6.07) is 16.4. The number of benzene rings is 6. The molecule has 0 fully saturated rings. The van der Waals surface area contributed by atoms with E-state index in [2.05, 4.69) is 31.2 Å². The van der Waals surface area contributed by atoms with Crippen LogP contribution in [0.3, 0.4) is 0 Å². The summed E-state index contributed by atoms with van der Waals surface area (Å²) in [7, 11) is 0. The summed E-state index contributed by atoms with van der Waals surface area (Å²) in [5, 5.41) is 0. The predicted octanol–water partition coefficient (Wildman–Crippen LogP) is 10.1. The maximum absolute atomic E-state index is 15.4. The molecule has 0 radical (unpaired) electrons. The normalized spacial score (nSPS) is 11.5. The Labute approximate surface area is 355 Å². The molecule has 0 amide bonds. The van der Waals surface area contributed by atoms with E-state index in [1.165, 1.54) is 22.9 Å². The highest BCUT2D eigenvalue weighted by Gasteiger charge is 2.52. The van der Waals surface area contributed by atoms with Crippen LogP contribution in [0, 0.1) is 123 Å². The van der Waals surface area contributed by atoms with E-state index in [1.807, 2.05) is 36.0 Å². The Hall–Kier alpha value is -6.20. The van der Waals surface area contributed by atoms with Crippen LogP contribution < -0.4 is 26.6 Å². The third-order valence-electron chi connectivity index (χ3n) is 9.61. The molecule has 0 aliphatic carbocycles. The molecule has 0 aliphatic heterocycles. The van der Waals surface area contributed by atoms with Crippen molar-refractivity contribution in [3.05, 3.63) is 176 Å². The Morgan fingerprint density at radius 1 is 0.446 bits per heavy atom. The van der Waals surface area contributed by atoms with Gasteiger partial charge < -0.3 is 4.79 Å². The van der Waals surface area contributed by atoms with Crippen LogP contribution in [0.2, 0.25) is 0 Å². The molecule has 0 saturated heterocycles. The minimum atomic E-state index is -7.22. The second-order valence-electron chi connectivity index (χ2n) is 13.4. The van der Waals surface area contributed by atoms with Gasteiger partial charge in [0.15, 0.2) is 69.8 Å². The molecule has 2 nitrogen and oxygen atoms in total. The number of aryl methyl sites for hydroxylation is 2. The van der Waals surface area contributed by atoms with Gasteiger partial charge in [0.2, 0.25) is 5.75 Å². The van der Waals surface area contributed by atoms with E-state index in [1.54, 1.807) is 0 Å². The molecule has 6 aromatic rings. The number of halogens is 20. The molecule has 0 atom stereocenters. The molecule has 344 valence electrons. The van der Waals surface area contributed by atoms with Gasteiger partial charge in [-0.3, -0.25) is 4.74 Å². The van der Waals surface area contributed by atoms with Gasteiger partial charge >= 0.3 is 5.97 Å². The van der Waals surface area contributed by atoms with Crippen LogP contribution in [0.1, 0.15) is 18.1 Å². The van der Waals surface area contributed by atoms with Crippen molar-refractivity contribution in [3.8, 4) is 5.75 Å². The monoisotopic (exact) mass is 966 g/mol. The quantitative estimate of drug-likeness (QED) is 0.0211. The van der Waals surface area contributed by atoms with Gasteiger partial charge in [0.25, 0.3) is 0 Å². The van der Waals surface area contributed by atoms with Crippen molar-refractivity contribution in [2.45, 2.75) is 25.2 Å². The number of hydrogen-bond acceptors (Lipinski definition) is 2. The van der Waals surface area contributed by atoms with Crippen molar-refractivity contribution < 1.29 is 97.3 Å². The third kappa shape index (κ3) is 8.59. The summed E-state index contributed by atoms with van der Waals surface area (Å²) < 4.78 is 299. The van der Waals surface area contributed by atoms with E-state index in [9.17, 15) is 52.7 Å². The van der Waals surface area contributed by atoms with Crippen molar-refractivity contribution in [1.29, 1.82) is 0 Å². The number of rotatable bonds is 9. The van der Waals surface area contributed by atoms with E-state index in [4.69, 9.17) is 9.53 Å². The average molecular weight is 966 g/mol. The Morgan fingerprint density at radius 3 is 1.02 bits per heavy atom. The van der Waals surface area contributed by atoms with Crippen LogP contribution in [-0.2, 0) is 6.42 Å². The molecule has 0 saturated carbocycles. The number of hydrogen-bond donors (Lipinski definition) is 0. The van der Waals surface area contributed by atoms with Gasteiger partial charge in [-0.05, 0) is 30.5 Å². The molecule has 24 heteroatoms. The smallest absolute Gasteiger partial charge is 0.339 e. The van der Waals surface area contributed by atoms with Gasteiger partial charge in [-0.2, -0.15) is 0 Å². The summed E-state index contributed by atoms with van der Waals surface area (Å²) in [4.78, 5) is 10.4. The fourth-order valence-corrected chi connectivity index (χ4v) is 7.82. The van der Waals surface area contributed by atoms with Crippen LogP contribution in [0.25, 0.3) is 0 Å². The summed E-state index contributed by atoms with van der Waals surface area (Å²) >= 11 is 1.84. The van der Waals surface area contributed by atoms with Gasteiger partial charge in [-0.25, -0.2) is 87.8 Å². The highest BCUT2D eigenvalue weighted by molar-refractivity contribution is 7.99. The molecule has 0 aromatic heterocycles. The number of ether oxygens (including phenoxy) is 1. The maximum atomic E-state index is 15.4. The third-order valence-corrected chi connectivity index (χ3v) is 10.8.